The molecule has 18 heavy (non-hydrogen) atoms. The summed E-state index contributed by atoms with van der Waals surface area (Å²) in [5.74, 6) is -0.373. The molecule has 4 nitrogen and oxygen atoms in total. The molecular weight excluding hydrogens is 235 g/mol. The van der Waals surface area contributed by atoms with Crippen molar-refractivity contribution >= 4 is 5.91 Å². The van der Waals surface area contributed by atoms with Gasteiger partial charge in [-0.3, -0.25) is 4.79 Å². The van der Waals surface area contributed by atoms with Crippen LogP contribution < -0.4 is 11.1 Å². The van der Waals surface area contributed by atoms with Crippen LogP contribution in [0.2, 0.25) is 0 Å². The first-order valence-corrected chi connectivity index (χ1v) is 5.81. The molecule has 1 rings (SSSR count). The summed E-state index contributed by atoms with van der Waals surface area (Å²) in [6.45, 7) is 2.37. The van der Waals surface area contributed by atoms with E-state index >= 15 is 0 Å². The number of amides is 1. The molecule has 0 heterocycles. The van der Waals surface area contributed by atoms with E-state index in [1.807, 2.05) is 0 Å². The van der Waals surface area contributed by atoms with Gasteiger partial charge in [0.05, 0.1) is 12.5 Å². The van der Waals surface area contributed by atoms with Crippen molar-refractivity contribution in [3.63, 3.8) is 0 Å². The molecule has 1 aromatic carbocycles. The normalized spacial score (nSPS) is 12.2. The summed E-state index contributed by atoms with van der Waals surface area (Å²) in [5, 5.41) is 2.75. The highest BCUT2D eigenvalue weighted by Gasteiger charge is 2.11. The van der Waals surface area contributed by atoms with E-state index in [9.17, 15) is 9.18 Å². The SMILES string of the molecule is COC(CN)CC(=O)NCc1ccc(F)c(C)c1. The number of ether oxygens (including phenoxy) is 1. The van der Waals surface area contributed by atoms with Crippen molar-refractivity contribution in [3.05, 3.63) is 35.1 Å². The van der Waals surface area contributed by atoms with Gasteiger partial charge >= 0.3 is 0 Å². The summed E-state index contributed by atoms with van der Waals surface area (Å²) in [5.41, 5.74) is 6.86. The maximum Gasteiger partial charge on any atom is 0.222 e. The van der Waals surface area contributed by atoms with E-state index in [4.69, 9.17) is 10.5 Å². The molecule has 0 aliphatic heterocycles. The number of benzene rings is 1. The lowest BCUT2D eigenvalue weighted by Gasteiger charge is -2.12. The van der Waals surface area contributed by atoms with Crippen LogP contribution in [0.15, 0.2) is 18.2 Å². The highest BCUT2D eigenvalue weighted by molar-refractivity contribution is 5.76. The number of hydrogen-bond acceptors (Lipinski definition) is 3. The Morgan fingerprint density at radius 1 is 1.56 bits per heavy atom. The molecule has 0 fully saturated rings. The van der Waals surface area contributed by atoms with Crippen LogP contribution in [0, 0.1) is 12.7 Å². The molecule has 100 valence electrons. The first-order valence-electron chi connectivity index (χ1n) is 5.81. The van der Waals surface area contributed by atoms with Gasteiger partial charge in [-0.25, -0.2) is 4.39 Å². The Hall–Kier alpha value is -1.46. The third kappa shape index (κ3) is 4.43. The second kappa shape index (κ2) is 7.08. The lowest BCUT2D eigenvalue weighted by atomic mass is 10.1. The largest absolute Gasteiger partial charge is 0.380 e. The van der Waals surface area contributed by atoms with Crippen molar-refractivity contribution in [3.8, 4) is 0 Å². The summed E-state index contributed by atoms with van der Waals surface area (Å²) < 4.78 is 18.1. The van der Waals surface area contributed by atoms with Crippen LogP contribution in [0.25, 0.3) is 0 Å². The molecule has 5 heteroatoms. The third-order valence-corrected chi connectivity index (χ3v) is 2.72. The van der Waals surface area contributed by atoms with Crippen molar-refractivity contribution in [2.75, 3.05) is 13.7 Å². The molecule has 0 spiro atoms. The van der Waals surface area contributed by atoms with Crippen LogP contribution in [0.4, 0.5) is 4.39 Å². The molecule has 0 aromatic heterocycles. The molecule has 1 aromatic rings. The summed E-state index contributed by atoms with van der Waals surface area (Å²) in [6.07, 6.45) is -0.0346. The van der Waals surface area contributed by atoms with Crippen LogP contribution in [-0.4, -0.2) is 25.7 Å². The van der Waals surface area contributed by atoms with E-state index < -0.39 is 0 Å². The van der Waals surface area contributed by atoms with Crippen LogP contribution in [-0.2, 0) is 16.1 Å². The average molecular weight is 254 g/mol. The number of rotatable bonds is 6. The van der Waals surface area contributed by atoms with Gasteiger partial charge in [0.25, 0.3) is 0 Å². The molecular formula is C13H19FN2O2. The van der Waals surface area contributed by atoms with E-state index in [1.165, 1.54) is 13.2 Å². The van der Waals surface area contributed by atoms with E-state index in [2.05, 4.69) is 5.32 Å². The monoisotopic (exact) mass is 254 g/mol. The van der Waals surface area contributed by atoms with Gasteiger partial charge in [-0.2, -0.15) is 0 Å². The van der Waals surface area contributed by atoms with Crippen molar-refractivity contribution < 1.29 is 13.9 Å². The number of carbonyl (C=O) groups is 1. The van der Waals surface area contributed by atoms with Crippen molar-refractivity contribution in [2.45, 2.75) is 26.0 Å². The van der Waals surface area contributed by atoms with Crippen molar-refractivity contribution in [1.82, 2.24) is 5.32 Å². The molecule has 0 aliphatic rings. The molecule has 0 radical (unpaired) electrons. The zero-order chi connectivity index (χ0) is 13.5. The Kier molecular flexibility index (Phi) is 5.74. The second-order valence-electron chi connectivity index (χ2n) is 4.16. The standard InChI is InChI=1S/C13H19FN2O2/c1-9-5-10(3-4-12(9)14)8-16-13(17)6-11(7-15)18-2/h3-5,11H,6-8,15H2,1-2H3,(H,16,17). The van der Waals surface area contributed by atoms with E-state index in [-0.39, 0.29) is 24.2 Å². The first kappa shape index (κ1) is 14.6. The molecule has 3 N–H and O–H groups in total. The molecule has 0 saturated carbocycles. The number of halogens is 1. The van der Waals surface area contributed by atoms with Crippen molar-refractivity contribution in [2.24, 2.45) is 5.73 Å². The number of carbonyl (C=O) groups excluding carboxylic acids is 1. The molecule has 0 bridgehead atoms. The topological polar surface area (TPSA) is 64.3 Å². The smallest absolute Gasteiger partial charge is 0.222 e. The number of nitrogens with two attached hydrogens (primary N) is 1. The Balaban J connectivity index is 2.44. The average Bonchev–Trinajstić information content (AvgIpc) is 2.37. The molecule has 0 aliphatic carbocycles. The minimum Gasteiger partial charge on any atom is -0.380 e. The maximum atomic E-state index is 13.0. The Labute approximate surface area is 106 Å². The zero-order valence-electron chi connectivity index (χ0n) is 10.7. The second-order valence-corrected chi connectivity index (χ2v) is 4.16. The third-order valence-electron chi connectivity index (χ3n) is 2.72. The van der Waals surface area contributed by atoms with Gasteiger partial charge in [-0.15, -0.1) is 0 Å². The molecule has 1 unspecified atom stereocenters. The van der Waals surface area contributed by atoms with Crippen molar-refractivity contribution in [1.29, 1.82) is 0 Å². The summed E-state index contributed by atoms with van der Waals surface area (Å²) in [4.78, 5) is 11.6. The van der Waals surface area contributed by atoms with Crippen LogP contribution in [0.1, 0.15) is 17.5 Å². The zero-order valence-corrected chi connectivity index (χ0v) is 10.7. The first-order chi connectivity index (χ1) is 8.56. The molecule has 1 amide bonds. The van der Waals surface area contributed by atoms with Gasteiger partial charge in [0.1, 0.15) is 5.82 Å². The summed E-state index contributed by atoms with van der Waals surface area (Å²) >= 11 is 0. The molecule has 1 atom stereocenters. The lowest BCUT2D eigenvalue weighted by Crippen LogP contribution is -2.31. The van der Waals surface area contributed by atoms with Gasteiger partial charge in [-0.1, -0.05) is 12.1 Å². The summed E-state index contributed by atoms with van der Waals surface area (Å²) in [6, 6.07) is 4.76. The van der Waals surface area contributed by atoms with Crippen LogP contribution in [0.3, 0.4) is 0 Å². The van der Waals surface area contributed by atoms with Gasteiger partial charge in [0.2, 0.25) is 5.91 Å². The quantitative estimate of drug-likeness (QED) is 0.799. The lowest BCUT2D eigenvalue weighted by molar-refractivity contribution is -0.123. The van der Waals surface area contributed by atoms with E-state index in [0.29, 0.717) is 18.7 Å². The highest BCUT2D eigenvalue weighted by atomic mass is 19.1. The van der Waals surface area contributed by atoms with Gasteiger partial charge in [0.15, 0.2) is 0 Å². The predicted molar refractivity (Wildman–Crippen MR) is 67.5 cm³/mol. The van der Waals surface area contributed by atoms with E-state index in [0.717, 1.165) is 5.56 Å². The van der Waals surface area contributed by atoms with Gasteiger partial charge in [0, 0.05) is 20.2 Å². The highest BCUT2D eigenvalue weighted by Crippen LogP contribution is 2.09. The van der Waals surface area contributed by atoms with Gasteiger partial charge < -0.3 is 15.8 Å². The Morgan fingerprint density at radius 2 is 2.28 bits per heavy atom. The fourth-order valence-corrected chi connectivity index (χ4v) is 1.56. The summed E-state index contributed by atoms with van der Waals surface area (Å²) in [7, 11) is 1.52. The Morgan fingerprint density at radius 3 is 2.83 bits per heavy atom. The van der Waals surface area contributed by atoms with Crippen LogP contribution in [0.5, 0.6) is 0 Å². The number of methoxy groups -OCH3 is 1. The van der Waals surface area contributed by atoms with Gasteiger partial charge in [-0.05, 0) is 24.1 Å². The predicted octanol–water partition coefficient (Wildman–Crippen LogP) is 1.11. The maximum absolute atomic E-state index is 13.0. The minimum atomic E-state index is -0.264. The number of nitrogens with one attached hydrogen (secondary N) is 1. The fraction of sp³-hybridized carbons (Fsp3) is 0.462. The Bertz CT molecular complexity index is 406. The molecule has 0 saturated heterocycles. The van der Waals surface area contributed by atoms with Crippen LogP contribution >= 0.6 is 0 Å². The minimum absolute atomic E-state index is 0.130. The fourth-order valence-electron chi connectivity index (χ4n) is 1.56. The van der Waals surface area contributed by atoms with E-state index in [1.54, 1.807) is 19.1 Å². The number of aryl methyl sites for hydroxylation is 1. The number of hydrogen-bond donors (Lipinski definition) is 2.